The highest BCUT2D eigenvalue weighted by Gasteiger charge is 2.08. The fourth-order valence-electron chi connectivity index (χ4n) is 0.647. The fraction of sp³-hybridized carbons (Fsp3) is 0.750. The molecule has 9 heavy (non-hydrogen) atoms. The summed E-state index contributed by atoms with van der Waals surface area (Å²) < 4.78 is 0. The number of hydrogen-bond acceptors (Lipinski definition) is 1. The molecule has 1 heteroatoms. The highest BCUT2D eigenvalue weighted by molar-refractivity contribution is 5.03. The maximum absolute atomic E-state index is 9.20. The molecule has 0 aliphatic heterocycles. The molecule has 1 N–H and O–H groups in total. The molecule has 0 aromatic heterocycles. The minimum atomic E-state index is -0.301. The Morgan fingerprint density at radius 3 is 2.11 bits per heavy atom. The van der Waals surface area contributed by atoms with Crippen LogP contribution in [0.25, 0.3) is 0 Å². The average Bonchev–Trinajstić information content (AvgIpc) is 1.84. The normalized spacial score (nSPS) is 13.9. The Kier molecular flexibility index (Phi) is 3.55. The quantitative estimate of drug-likeness (QED) is 0.576. The van der Waals surface area contributed by atoms with Gasteiger partial charge in [-0.1, -0.05) is 27.4 Å². The number of hydrogen-bond donors (Lipinski definition) is 1. The minimum Gasteiger partial charge on any atom is -0.389 e. The van der Waals surface area contributed by atoms with E-state index in [0.717, 1.165) is 12.0 Å². The molecule has 0 heterocycles. The standard InChI is InChI=1S/C8H16O/c1-5-8(9)7(4)6(2)3/h6,8-9H,4-5H2,1-3H3. The van der Waals surface area contributed by atoms with Crippen molar-refractivity contribution in [2.45, 2.75) is 33.3 Å². The van der Waals surface area contributed by atoms with Crippen molar-refractivity contribution in [1.82, 2.24) is 0 Å². The molecule has 54 valence electrons. The van der Waals surface area contributed by atoms with Crippen LogP contribution in [0.4, 0.5) is 0 Å². The van der Waals surface area contributed by atoms with Crippen LogP contribution in [0.3, 0.4) is 0 Å². The molecule has 0 amide bonds. The largest absolute Gasteiger partial charge is 0.389 e. The molecule has 1 nitrogen and oxygen atoms in total. The van der Waals surface area contributed by atoms with Gasteiger partial charge < -0.3 is 5.11 Å². The van der Waals surface area contributed by atoms with Crippen LogP contribution in [0.2, 0.25) is 0 Å². The monoisotopic (exact) mass is 128 g/mol. The van der Waals surface area contributed by atoms with Gasteiger partial charge in [0.2, 0.25) is 0 Å². The lowest BCUT2D eigenvalue weighted by Crippen LogP contribution is -2.11. The molecule has 1 unspecified atom stereocenters. The van der Waals surface area contributed by atoms with Crippen molar-refractivity contribution >= 4 is 0 Å². The Labute approximate surface area is 57.4 Å². The van der Waals surface area contributed by atoms with Gasteiger partial charge in [-0.15, -0.1) is 0 Å². The van der Waals surface area contributed by atoms with Crippen LogP contribution in [-0.2, 0) is 0 Å². The third kappa shape index (κ3) is 2.66. The summed E-state index contributed by atoms with van der Waals surface area (Å²) in [4.78, 5) is 0. The summed E-state index contributed by atoms with van der Waals surface area (Å²) in [5, 5.41) is 9.20. The van der Waals surface area contributed by atoms with Crippen LogP contribution in [0.15, 0.2) is 12.2 Å². The first-order valence-electron chi connectivity index (χ1n) is 3.46. The molecule has 0 saturated heterocycles. The smallest absolute Gasteiger partial charge is 0.0747 e. The summed E-state index contributed by atoms with van der Waals surface area (Å²) in [6.45, 7) is 9.82. The first kappa shape index (κ1) is 8.70. The summed E-state index contributed by atoms with van der Waals surface area (Å²) >= 11 is 0. The van der Waals surface area contributed by atoms with E-state index < -0.39 is 0 Å². The van der Waals surface area contributed by atoms with E-state index in [4.69, 9.17) is 0 Å². The maximum atomic E-state index is 9.20. The fourth-order valence-corrected chi connectivity index (χ4v) is 0.647. The zero-order chi connectivity index (χ0) is 7.44. The predicted molar refractivity (Wildman–Crippen MR) is 40.3 cm³/mol. The molecule has 0 aromatic rings. The minimum absolute atomic E-state index is 0.301. The second-order valence-corrected chi connectivity index (χ2v) is 2.65. The third-order valence-corrected chi connectivity index (χ3v) is 1.56. The third-order valence-electron chi connectivity index (χ3n) is 1.56. The Morgan fingerprint density at radius 1 is 1.56 bits per heavy atom. The topological polar surface area (TPSA) is 20.2 Å². The molecule has 0 aromatic carbocycles. The van der Waals surface area contributed by atoms with Crippen LogP contribution in [-0.4, -0.2) is 11.2 Å². The van der Waals surface area contributed by atoms with Gasteiger partial charge in [-0.3, -0.25) is 0 Å². The van der Waals surface area contributed by atoms with E-state index in [0.29, 0.717) is 5.92 Å². The van der Waals surface area contributed by atoms with Gasteiger partial charge in [0.15, 0.2) is 0 Å². The van der Waals surface area contributed by atoms with Crippen LogP contribution in [0.1, 0.15) is 27.2 Å². The van der Waals surface area contributed by atoms with E-state index in [9.17, 15) is 5.11 Å². The molecule has 0 bridgehead atoms. The number of aliphatic hydroxyl groups is 1. The van der Waals surface area contributed by atoms with Gasteiger partial charge in [0, 0.05) is 0 Å². The van der Waals surface area contributed by atoms with Gasteiger partial charge in [-0.05, 0) is 17.9 Å². The molecule has 0 aliphatic rings. The first-order valence-corrected chi connectivity index (χ1v) is 3.46. The van der Waals surface area contributed by atoms with Gasteiger partial charge in [0.1, 0.15) is 0 Å². The van der Waals surface area contributed by atoms with Crippen molar-refractivity contribution in [3.05, 3.63) is 12.2 Å². The SMILES string of the molecule is C=C(C(C)C)C(O)CC. The molecular weight excluding hydrogens is 112 g/mol. The van der Waals surface area contributed by atoms with Crippen molar-refractivity contribution < 1.29 is 5.11 Å². The lowest BCUT2D eigenvalue weighted by Gasteiger charge is -2.14. The molecule has 0 rings (SSSR count). The first-order chi connectivity index (χ1) is 4.09. The zero-order valence-electron chi connectivity index (χ0n) is 6.52. The summed E-state index contributed by atoms with van der Waals surface area (Å²) in [7, 11) is 0. The van der Waals surface area contributed by atoms with E-state index in [1.54, 1.807) is 0 Å². The summed E-state index contributed by atoms with van der Waals surface area (Å²) in [6, 6.07) is 0. The van der Waals surface area contributed by atoms with Crippen molar-refractivity contribution in [2.75, 3.05) is 0 Å². The molecular formula is C8H16O. The van der Waals surface area contributed by atoms with E-state index in [1.165, 1.54) is 0 Å². The highest BCUT2D eigenvalue weighted by atomic mass is 16.3. The Hall–Kier alpha value is -0.300. The van der Waals surface area contributed by atoms with Crippen LogP contribution in [0.5, 0.6) is 0 Å². The Morgan fingerprint density at radius 2 is 2.00 bits per heavy atom. The van der Waals surface area contributed by atoms with E-state index in [-0.39, 0.29) is 6.10 Å². The van der Waals surface area contributed by atoms with Gasteiger partial charge >= 0.3 is 0 Å². The van der Waals surface area contributed by atoms with Gasteiger partial charge in [-0.25, -0.2) is 0 Å². The lowest BCUT2D eigenvalue weighted by atomic mass is 9.98. The molecule has 1 atom stereocenters. The van der Waals surface area contributed by atoms with Gasteiger partial charge in [0.05, 0.1) is 6.10 Å². The number of aliphatic hydroxyl groups excluding tert-OH is 1. The van der Waals surface area contributed by atoms with Crippen molar-refractivity contribution in [2.24, 2.45) is 5.92 Å². The summed E-state index contributed by atoms with van der Waals surface area (Å²) in [5.41, 5.74) is 0.942. The Balaban J connectivity index is 3.73. The summed E-state index contributed by atoms with van der Waals surface area (Å²) in [6.07, 6.45) is 0.474. The molecule has 0 saturated carbocycles. The molecule has 0 fully saturated rings. The van der Waals surface area contributed by atoms with Crippen LogP contribution >= 0.6 is 0 Å². The van der Waals surface area contributed by atoms with Gasteiger partial charge in [0.25, 0.3) is 0 Å². The van der Waals surface area contributed by atoms with Crippen molar-refractivity contribution in [1.29, 1.82) is 0 Å². The van der Waals surface area contributed by atoms with Crippen LogP contribution < -0.4 is 0 Å². The van der Waals surface area contributed by atoms with E-state index >= 15 is 0 Å². The lowest BCUT2D eigenvalue weighted by molar-refractivity contribution is 0.196. The second kappa shape index (κ2) is 3.67. The predicted octanol–water partition coefficient (Wildman–Crippen LogP) is 1.97. The number of rotatable bonds is 3. The Bertz CT molecular complexity index is 94.7. The summed E-state index contributed by atoms with van der Waals surface area (Å²) in [5.74, 6) is 0.403. The molecule has 0 spiro atoms. The maximum Gasteiger partial charge on any atom is 0.0747 e. The molecule has 0 radical (unpaired) electrons. The van der Waals surface area contributed by atoms with E-state index in [2.05, 4.69) is 6.58 Å². The van der Waals surface area contributed by atoms with Crippen LogP contribution in [0, 0.1) is 5.92 Å². The highest BCUT2D eigenvalue weighted by Crippen LogP contribution is 2.13. The average molecular weight is 128 g/mol. The van der Waals surface area contributed by atoms with E-state index in [1.807, 2.05) is 20.8 Å². The molecule has 0 aliphatic carbocycles. The van der Waals surface area contributed by atoms with Crippen molar-refractivity contribution in [3.63, 3.8) is 0 Å². The zero-order valence-corrected chi connectivity index (χ0v) is 6.52. The second-order valence-electron chi connectivity index (χ2n) is 2.65. The van der Waals surface area contributed by atoms with Gasteiger partial charge in [-0.2, -0.15) is 0 Å². The van der Waals surface area contributed by atoms with Crippen molar-refractivity contribution in [3.8, 4) is 0 Å².